The number of rotatable bonds is 13. The number of aliphatic hydroxyl groups is 1. The Balaban J connectivity index is 1.19. The molecule has 6 rings (SSSR count). The Bertz CT molecular complexity index is 1570. The number of pyridine rings is 1. The molecule has 1 saturated heterocycles. The summed E-state index contributed by atoms with van der Waals surface area (Å²) in [5.41, 5.74) is 5.78. The minimum Gasteiger partial charge on any atom is -0.490 e. The summed E-state index contributed by atoms with van der Waals surface area (Å²) in [7, 11) is 0. The number of carbonyl (C=O) groups excluding carboxylic acids is 1. The predicted octanol–water partition coefficient (Wildman–Crippen LogP) is 5.11. The summed E-state index contributed by atoms with van der Waals surface area (Å²) in [6, 6.07) is 13.9. The zero-order valence-electron chi connectivity index (χ0n) is 26.2. The van der Waals surface area contributed by atoms with Gasteiger partial charge in [-0.1, -0.05) is 35.3 Å². The van der Waals surface area contributed by atoms with Gasteiger partial charge >= 0.3 is 0 Å². The number of hydrogen-bond acceptors (Lipinski definition) is 8. The molecule has 2 aliphatic heterocycles. The summed E-state index contributed by atoms with van der Waals surface area (Å²) in [6.07, 6.45) is 4.44. The SMILES string of the molecule is Cc1cc(Cl)c(OCCOc2ccc(C3=C(C(=O)N(Cc4ccnc(OCCO)c4C)C4CC4)C4CNCC(C3)N4)cc2)c(Cl)c1. The predicted molar refractivity (Wildman–Crippen MR) is 179 cm³/mol. The number of piperazine rings is 1. The van der Waals surface area contributed by atoms with E-state index < -0.39 is 0 Å². The minimum atomic E-state index is -0.0848. The first-order valence-corrected chi connectivity index (χ1v) is 16.6. The molecule has 1 aliphatic carbocycles. The van der Waals surface area contributed by atoms with E-state index in [2.05, 4.69) is 15.6 Å². The van der Waals surface area contributed by atoms with Gasteiger partial charge in [-0.05, 0) is 85.7 Å². The van der Waals surface area contributed by atoms with Crippen molar-refractivity contribution in [2.45, 2.75) is 57.8 Å². The number of benzene rings is 2. The Labute approximate surface area is 279 Å². The zero-order chi connectivity index (χ0) is 32.2. The van der Waals surface area contributed by atoms with Crippen LogP contribution in [0.25, 0.3) is 5.57 Å². The van der Waals surface area contributed by atoms with Crippen molar-refractivity contribution in [1.29, 1.82) is 0 Å². The van der Waals surface area contributed by atoms with Crippen molar-refractivity contribution in [3.05, 3.63) is 86.5 Å². The van der Waals surface area contributed by atoms with E-state index in [1.165, 1.54) is 0 Å². The second kappa shape index (κ2) is 14.6. The van der Waals surface area contributed by atoms with Crippen LogP contribution in [-0.2, 0) is 11.3 Å². The number of aryl methyl sites for hydroxylation is 1. The lowest BCUT2D eigenvalue weighted by Crippen LogP contribution is -2.60. The number of aromatic nitrogens is 1. The van der Waals surface area contributed by atoms with E-state index in [-0.39, 0.29) is 37.2 Å². The third-order valence-electron chi connectivity index (χ3n) is 8.66. The highest BCUT2D eigenvalue weighted by atomic mass is 35.5. The number of fused-ring (bicyclic) bond motifs is 2. The van der Waals surface area contributed by atoms with Gasteiger partial charge in [-0.2, -0.15) is 0 Å². The number of nitrogens with zero attached hydrogens (tertiary/aromatic N) is 2. The minimum absolute atomic E-state index is 0.0668. The quantitative estimate of drug-likeness (QED) is 0.216. The molecule has 11 heteroatoms. The zero-order valence-corrected chi connectivity index (χ0v) is 27.7. The maximum Gasteiger partial charge on any atom is 0.252 e. The summed E-state index contributed by atoms with van der Waals surface area (Å²) in [5, 5.41) is 17.4. The van der Waals surface area contributed by atoms with Crippen LogP contribution >= 0.6 is 23.2 Å². The molecule has 3 N–H and O–H groups in total. The molecule has 3 heterocycles. The fourth-order valence-corrected chi connectivity index (χ4v) is 6.93. The number of halogens is 2. The smallest absolute Gasteiger partial charge is 0.252 e. The van der Waals surface area contributed by atoms with Crippen LogP contribution in [0.15, 0.2) is 54.2 Å². The van der Waals surface area contributed by atoms with E-state index in [4.69, 9.17) is 37.4 Å². The van der Waals surface area contributed by atoms with E-state index in [0.717, 1.165) is 59.2 Å². The topological polar surface area (TPSA) is 105 Å². The second-order valence-corrected chi connectivity index (χ2v) is 12.9. The Hall–Kier alpha value is -3.34. The molecule has 244 valence electrons. The molecule has 2 atom stereocenters. The molecule has 1 saturated carbocycles. The van der Waals surface area contributed by atoms with Gasteiger partial charge < -0.3 is 34.9 Å². The summed E-state index contributed by atoms with van der Waals surface area (Å²) in [5.74, 6) is 1.73. The van der Waals surface area contributed by atoms with Crippen LogP contribution in [0, 0.1) is 13.8 Å². The molecule has 2 aromatic carbocycles. The molecule has 2 bridgehead atoms. The number of nitrogens with one attached hydrogen (secondary N) is 2. The Kier molecular flexibility index (Phi) is 10.4. The lowest BCUT2D eigenvalue weighted by Gasteiger charge is -2.41. The normalized spacial score (nSPS) is 19.2. The molecule has 0 radical (unpaired) electrons. The van der Waals surface area contributed by atoms with Crippen molar-refractivity contribution in [2.75, 3.05) is 39.5 Å². The molecule has 3 aliphatic rings. The maximum absolute atomic E-state index is 14.5. The number of aliphatic hydroxyl groups excluding tert-OH is 1. The first-order valence-electron chi connectivity index (χ1n) is 15.8. The average Bonchev–Trinajstić information content (AvgIpc) is 3.88. The van der Waals surface area contributed by atoms with Crippen LogP contribution < -0.4 is 24.8 Å². The molecule has 2 unspecified atom stereocenters. The molecule has 46 heavy (non-hydrogen) atoms. The first kappa shape index (κ1) is 32.6. The van der Waals surface area contributed by atoms with Gasteiger partial charge in [-0.25, -0.2) is 4.98 Å². The molecule has 9 nitrogen and oxygen atoms in total. The average molecular weight is 668 g/mol. The summed E-state index contributed by atoms with van der Waals surface area (Å²) >= 11 is 12.6. The van der Waals surface area contributed by atoms with Gasteiger partial charge in [0.15, 0.2) is 5.75 Å². The first-order chi connectivity index (χ1) is 22.3. The van der Waals surface area contributed by atoms with Crippen molar-refractivity contribution < 1.29 is 24.1 Å². The third kappa shape index (κ3) is 7.45. The highest BCUT2D eigenvalue weighted by Gasteiger charge is 2.41. The van der Waals surface area contributed by atoms with Crippen LogP contribution in [0.2, 0.25) is 10.0 Å². The monoisotopic (exact) mass is 666 g/mol. The molecule has 0 spiro atoms. The summed E-state index contributed by atoms with van der Waals surface area (Å²) < 4.78 is 17.4. The maximum atomic E-state index is 14.5. The Morgan fingerprint density at radius 2 is 1.74 bits per heavy atom. The second-order valence-electron chi connectivity index (χ2n) is 12.1. The highest BCUT2D eigenvalue weighted by Crippen LogP contribution is 2.38. The van der Waals surface area contributed by atoms with E-state index in [9.17, 15) is 9.90 Å². The van der Waals surface area contributed by atoms with Gasteiger partial charge in [0.25, 0.3) is 5.91 Å². The lowest BCUT2D eigenvalue weighted by molar-refractivity contribution is -0.128. The Morgan fingerprint density at radius 3 is 2.46 bits per heavy atom. The van der Waals surface area contributed by atoms with Gasteiger partial charge in [0, 0.05) is 49.1 Å². The standard InChI is InChI=1S/C35H40Cl2N4O5/c1-21-15-29(36)33(30(37)16-21)45-14-13-44-27-7-3-23(4-8-27)28-17-25-18-38-19-31(40-25)32(28)35(43)41(26-5-6-26)20-24-9-10-39-34(22(24)2)46-12-11-42/h3-4,7-10,15-16,25-26,31,38,40,42H,5-6,11-14,17-20H2,1-2H3. The third-order valence-corrected chi connectivity index (χ3v) is 9.23. The number of amides is 1. The van der Waals surface area contributed by atoms with Crippen LogP contribution in [0.1, 0.15) is 41.5 Å². The molecule has 2 fully saturated rings. The van der Waals surface area contributed by atoms with Gasteiger partial charge in [0.05, 0.1) is 22.7 Å². The van der Waals surface area contributed by atoms with Crippen LogP contribution in [-0.4, -0.2) is 78.5 Å². The fourth-order valence-electron chi connectivity index (χ4n) is 6.22. The van der Waals surface area contributed by atoms with E-state index in [1.807, 2.05) is 61.2 Å². The summed E-state index contributed by atoms with van der Waals surface area (Å²) in [4.78, 5) is 20.9. The van der Waals surface area contributed by atoms with Crippen molar-refractivity contribution in [3.8, 4) is 17.4 Å². The van der Waals surface area contributed by atoms with Crippen molar-refractivity contribution in [1.82, 2.24) is 20.5 Å². The van der Waals surface area contributed by atoms with Gasteiger partial charge in [0.1, 0.15) is 25.6 Å². The lowest BCUT2D eigenvalue weighted by atomic mass is 9.83. The molecule has 1 amide bonds. The highest BCUT2D eigenvalue weighted by molar-refractivity contribution is 6.37. The van der Waals surface area contributed by atoms with Crippen LogP contribution in [0.3, 0.4) is 0 Å². The number of carbonyl (C=O) groups is 1. The molecule has 3 aromatic rings. The molecule has 1 aromatic heterocycles. The van der Waals surface area contributed by atoms with E-state index in [0.29, 0.717) is 53.7 Å². The van der Waals surface area contributed by atoms with Gasteiger partial charge in [-0.15, -0.1) is 0 Å². The Morgan fingerprint density at radius 1 is 1.00 bits per heavy atom. The number of ether oxygens (including phenoxy) is 3. The van der Waals surface area contributed by atoms with E-state index in [1.54, 1.807) is 6.20 Å². The molecular weight excluding hydrogens is 627 g/mol. The van der Waals surface area contributed by atoms with Crippen molar-refractivity contribution in [3.63, 3.8) is 0 Å². The fraction of sp³-hybridized carbons (Fsp3) is 0.429. The molecular formula is C35H40Cl2N4O5. The van der Waals surface area contributed by atoms with Gasteiger partial charge in [0.2, 0.25) is 5.88 Å². The summed E-state index contributed by atoms with van der Waals surface area (Å²) in [6.45, 7) is 6.61. The van der Waals surface area contributed by atoms with Crippen molar-refractivity contribution in [2.24, 2.45) is 0 Å². The largest absolute Gasteiger partial charge is 0.490 e. The number of hydrogen-bond donors (Lipinski definition) is 3. The van der Waals surface area contributed by atoms with Crippen LogP contribution in [0.5, 0.6) is 17.4 Å². The van der Waals surface area contributed by atoms with E-state index >= 15 is 0 Å². The van der Waals surface area contributed by atoms with Crippen molar-refractivity contribution >= 4 is 34.7 Å². The van der Waals surface area contributed by atoms with Gasteiger partial charge in [-0.3, -0.25) is 4.79 Å². The van der Waals surface area contributed by atoms with Crippen LogP contribution in [0.4, 0.5) is 0 Å².